The highest BCUT2D eigenvalue weighted by molar-refractivity contribution is 7.21. The molecule has 0 bridgehead atoms. The van der Waals surface area contributed by atoms with Crippen LogP contribution in [0.4, 0.5) is 0 Å². The molecule has 1 atom stereocenters. The molecule has 140 valence electrons. The molecule has 3 rings (SSSR count). The monoisotopic (exact) mass is 402 g/mol. The molecule has 1 unspecified atom stereocenters. The van der Waals surface area contributed by atoms with Gasteiger partial charge in [-0.25, -0.2) is 0 Å². The summed E-state index contributed by atoms with van der Waals surface area (Å²) in [7, 11) is 0. The number of benzene rings is 2. The number of hydrazine groups is 1. The molecule has 0 aliphatic carbocycles. The predicted molar refractivity (Wildman–Crippen MR) is 108 cm³/mol. The zero-order valence-corrected chi connectivity index (χ0v) is 16.7. The summed E-state index contributed by atoms with van der Waals surface area (Å²) >= 11 is 7.56. The molecule has 5 nitrogen and oxygen atoms in total. The fraction of sp³-hybridized carbons (Fsp3) is 0.200. The van der Waals surface area contributed by atoms with Gasteiger partial charge in [-0.1, -0.05) is 48.0 Å². The minimum atomic E-state index is -0.775. The van der Waals surface area contributed by atoms with Crippen molar-refractivity contribution in [3.63, 3.8) is 0 Å². The van der Waals surface area contributed by atoms with Crippen LogP contribution in [-0.4, -0.2) is 17.9 Å². The molecule has 2 N–H and O–H groups in total. The van der Waals surface area contributed by atoms with Crippen LogP contribution in [0.2, 0.25) is 5.02 Å². The first kappa shape index (κ1) is 19.2. The number of para-hydroxylation sites is 1. The lowest BCUT2D eigenvalue weighted by Gasteiger charge is -2.18. The molecule has 0 saturated heterocycles. The van der Waals surface area contributed by atoms with E-state index in [4.69, 9.17) is 16.3 Å². The van der Waals surface area contributed by atoms with Crippen LogP contribution in [0.5, 0.6) is 5.75 Å². The van der Waals surface area contributed by atoms with Gasteiger partial charge in [0.1, 0.15) is 10.6 Å². The van der Waals surface area contributed by atoms with Gasteiger partial charge >= 0.3 is 0 Å². The van der Waals surface area contributed by atoms with Crippen molar-refractivity contribution >= 4 is 44.8 Å². The molecule has 0 fully saturated rings. The fourth-order valence-electron chi connectivity index (χ4n) is 2.65. The van der Waals surface area contributed by atoms with E-state index in [2.05, 4.69) is 10.9 Å². The van der Waals surface area contributed by atoms with E-state index in [-0.39, 0.29) is 0 Å². The van der Waals surface area contributed by atoms with Gasteiger partial charge < -0.3 is 4.74 Å². The highest BCUT2D eigenvalue weighted by Crippen LogP contribution is 2.34. The van der Waals surface area contributed by atoms with E-state index in [1.54, 1.807) is 6.92 Å². The Morgan fingerprint density at radius 1 is 1.04 bits per heavy atom. The van der Waals surface area contributed by atoms with Crippen molar-refractivity contribution in [2.24, 2.45) is 0 Å². The number of nitrogens with one attached hydrogen (secondary N) is 2. The Bertz CT molecular complexity index is 995. The minimum Gasteiger partial charge on any atom is -0.480 e. The van der Waals surface area contributed by atoms with E-state index >= 15 is 0 Å². The van der Waals surface area contributed by atoms with E-state index in [9.17, 15) is 9.59 Å². The molecule has 0 radical (unpaired) electrons. The van der Waals surface area contributed by atoms with Gasteiger partial charge in [-0.3, -0.25) is 20.4 Å². The first-order valence-corrected chi connectivity index (χ1v) is 9.58. The molecule has 0 aliphatic heterocycles. The van der Waals surface area contributed by atoms with Crippen molar-refractivity contribution in [1.82, 2.24) is 10.9 Å². The van der Waals surface area contributed by atoms with Crippen molar-refractivity contribution < 1.29 is 14.3 Å². The second kappa shape index (κ2) is 7.98. The van der Waals surface area contributed by atoms with Gasteiger partial charge in [-0.05, 0) is 38.0 Å². The summed E-state index contributed by atoms with van der Waals surface area (Å²) < 4.78 is 6.67. The number of amides is 2. The highest BCUT2D eigenvalue weighted by Gasteiger charge is 2.20. The Morgan fingerprint density at radius 2 is 1.70 bits per heavy atom. The van der Waals surface area contributed by atoms with Crippen molar-refractivity contribution in [3.8, 4) is 5.75 Å². The van der Waals surface area contributed by atoms with Crippen molar-refractivity contribution in [1.29, 1.82) is 0 Å². The number of hydrogen-bond acceptors (Lipinski definition) is 4. The molecule has 0 aliphatic rings. The van der Waals surface area contributed by atoms with Crippen LogP contribution in [0.25, 0.3) is 10.1 Å². The first-order chi connectivity index (χ1) is 12.9. The maximum Gasteiger partial charge on any atom is 0.281 e. The van der Waals surface area contributed by atoms with Crippen molar-refractivity contribution in [2.75, 3.05) is 0 Å². The van der Waals surface area contributed by atoms with E-state index in [0.29, 0.717) is 15.6 Å². The smallest absolute Gasteiger partial charge is 0.281 e. The summed E-state index contributed by atoms with van der Waals surface area (Å²) in [6.07, 6.45) is -0.775. The van der Waals surface area contributed by atoms with Crippen LogP contribution in [0.3, 0.4) is 0 Å². The van der Waals surface area contributed by atoms with Crippen molar-refractivity contribution in [3.05, 3.63) is 63.5 Å². The average Bonchev–Trinajstić information content (AvgIpc) is 2.99. The lowest BCUT2D eigenvalue weighted by Crippen LogP contribution is -2.47. The van der Waals surface area contributed by atoms with Crippen LogP contribution in [0.1, 0.15) is 27.7 Å². The quantitative estimate of drug-likeness (QED) is 0.635. The third-order valence-corrected chi connectivity index (χ3v) is 5.79. The summed E-state index contributed by atoms with van der Waals surface area (Å²) in [4.78, 5) is 25.0. The number of hydrogen-bond donors (Lipinski definition) is 2. The minimum absolute atomic E-state index is 0.349. The topological polar surface area (TPSA) is 67.4 Å². The predicted octanol–water partition coefficient (Wildman–Crippen LogP) is 4.40. The number of aryl methyl sites for hydroxylation is 2. The standard InChI is InChI=1S/C20H19ClN2O3S/c1-11-7-6-8-12(2)17(11)26-13(3)19(24)22-23-20(25)18-16(21)14-9-4-5-10-15(14)27-18/h4-10,13H,1-3H3,(H,22,24)(H,23,25). The first-order valence-electron chi connectivity index (χ1n) is 8.38. The molecule has 0 spiro atoms. The Labute approximate surface area is 166 Å². The van der Waals surface area contributed by atoms with E-state index in [1.807, 2.05) is 56.3 Å². The normalized spacial score (nSPS) is 11.9. The maximum absolute atomic E-state index is 12.4. The number of carbonyl (C=O) groups is 2. The van der Waals surface area contributed by atoms with Gasteiger partial charge in [0.25, 0.3) is 11.8 Å². The third-order valence-electron chi connectivity index (χ3n) is 4.11. The van der Waals surface area contributed by atoms with Gasteiger partial charge in [0.05, 0.1) is 5.02 Å². The third kappa shape index (κ3) is 4.07. The summed E-state index contributed by atoms with van der Waals surface area (Å²) in [5.41, 5.74) is 6.68. The van der Waals surface area contributed by atoms with Gasteiger partial charge in [0.15, 0.2) is 6.10 Å². The molecule has 2 amide bonds. The Hall–Kier alpha value is -2.57. The largest absolute Gasteiger partial charge is 0.480 e. The summed E-state index contributed by atoms with van der Waals surface area (Å²) in [5.74, 6) is -0.254. The summed E-state index contributed by atoms with van der Waals surface area (Å²) in [5, 5.41) is 1.19. The molecule has 27 heavy (non-hydrogen) atoms. The fourth-order valence-corrected chi connectivity index (χ4v) is 4.06. The highest BCUT2D eigenvalue weighted by atomic mass is 35.5. The van der Waals surface area contributed by atoms with Crippen LogP contribution >= 0.6 is 22.9 Å². The number of carbonyl (C=O) groups excluding carboxylic acids is 2. The van der Waals surface area contributed by atoms with Crippen LogP contribution < -0.4 is 15.6 Å². The summed E-state index contributed by atoms with van der Waals surface area (Å²) in [6.45, 7) is 5.45. The van der Waals surface area contributed by atoms with E-state index in [1.165, 1.54) is 11.3 Å². The Morgan fingerprint density at radius 3 is 2.37 bits per heavy atom. The number of rotatable bonds is 4. The molecular weight excluding hydrogens is 384 g/mol. The van der Waals surface area contributed by atoms with Gasteiger partial charge in [-0.2, -0.15) is 0 Å². The second-order valence-electron chi connectivity index (χ2n) is 6.17. The molecule has 1 aromatic heterocycles. The van der Waals surface area contributed by atoms with Crippen LogP contribution in [0.15, 0.2) is 42.5 Å². The average molecular weight is 403 g/mol. The zero-order valence-electron chi connectivity index (χ0n) is 15.1. The SMILES string of the molecule is Cc1cccc(C)c1OC(C)C(=O)NNC(=O)c1sc2ccccc2c1Cl. The number of halogens is 1. The number of ether oxygens (including phenoxy) is 1. The summed E-state index contributed by atoms with van der Waals surface area (Å²) in [6, 6.07) is 13.2. The molecular formula is C20H19ClN2O3S. The zero-order chi connectivity index (χ0) is 19.6. The molecule has 3 aromatic rings. The number of thiophene rings is 1. The Balaban J connectivity index is 1.64. The Kier molecular flexibility index (Phi) is 5.68. The van der Waals surface area contributed by atoms with Crippen LogP contribution in [0, 0.1) is 13.8 Å². The lowest BCUT2D eigenvalue weighted by molar-refractivity contribution is -0.128. The second-order valence-corrected chi connectivity index (χ2v) is 7.60. The maximum atomic E-state index is 12.4. The van der Waals surface area contributed by atoms with Crippen LogP contribution in [-0.2, 0) is 4.79 Å². The molecule has 1 heterocycles. The van der Waals surface area contributed by atoms with Gasteiger partial charge in [0, 0.05) is 10.1 Å². The van der Waals surface area contributed by atoms with Gasteiger partial charge in [-0.15, -0.1) is 11.3 Å². The molecule has 2 aromatic carbocycles. The molecule has 0 saturated carbocycles. The van der Waals surface area contributed by atoms with Crippen molar-refractivity contribution in [2.45, 2.75) is 26.9 Å². The van der Waals surface area contributed by atoms with Gasteiger partial charge in [0.2, 0.25) is 0 Å². The molecule has 7 heteroatoms. The number of fused-ring (bicyclic) bond motifs is 1. The van der Waals surface area contributed by atoms with E-state index < -0.39 is 17.9 Å². The lowest BCUT2D eigenvalue weighted by atomic mass is 10.1. The van der Waals surface area contributed by atoms with E-state index in [0.717, 1.165) is 21.2 Å².